The van der Waals surface area contributed by atoms with Crippen molar-refractivity contribution < 1.29 is 22.5 Å². The Balaban J connectivity index is 1.70. The number of nitrogens with zero attached hydrogens (tertiary/aromatic N) is 2. The third-order valence-electron chi connectivity index (χ3n) is 4.77. The van der Waals surface area contributed by atoms with E-state index >= 15 is 0 Å². The number of carbonyl (C=O) groups is 2. The molecule has 3 aromatic rings. The molecular weight excluding hydrogens is 394 g/mol. The standard InChI is InChI=1S/C20H17N3O5S/c1-3-15(19-21-11(2)28-23-19)22-20(25)12-8-9-14-17(10-12)29(26,27)16-7-5-4-6-13(16)18(14)24/h4-10,15H,3H2,1-2H3,(H,22,25)/t15-/m0/s1. The van der Waals surface area contributed by atoms with Crippen molar-refractivity contribution in [3.05, 3.63) is 70.9 Å². The molecule has 0 saturated heterocycles. The lowest BCUT2D eigenvalue weighted by Gasteiger charge is -2.19. The third kappa shape index (κ3) is 3.13. The van der Waals surface area contributed by atoms with E-state index in [9.17, 15) is 18.0 Å². The lowest BCUT2D eigenvalue weighted by Crippen LogP contribution is -2.29. The number of rotatable bonds is 4. The van der Waals surface area contributed by atoms with Crippen LogP contribution in [-0.2, 0) is 9.84 Å². The third-order valence-corrected chi connectivity index (χ3v) is 6.62. The first-order valence-electron chi connectivity index (χ1n) is 8.97. The number of benzene rings is 2. The van der Waals surface area contributed by atoms with Crippen molar-refractivity contribution >= 4 is 21.5 Å². The van der Waals surface area contributed by atoms with Crippen LogP contribution in [-0.4, -0.2) is 30.2 Å². The van der Waals surface area contributed by atoms with Crippen molar-refractivity contribution in [1.29, 1.82) is 0 Å². The van der Waals surface area contributed by atoms with Crippen molar-refractivity contribution in [3.63, 3.8) is 0 Å². The van der Waals surface area contributed by atoms with Gasteiger partial charge in [0.15, 0.2) is 11.6 Å². The lowest BCUT2D eigenvalue weighted by molar-refractivity contribution is 0.0931. The molecule has 0 unspecified atom stereocenters. The second-order valence-electron chi connectivity index (χ2n) is 6.65. The Kier molecular flexibility index (Phi) is 4.54. The Morgan fingerprint density at radius 2 is 1.86 bits per heavy atom. The van der Waals surface area contributed by atoms with Gasteiger partial charge in [0.2, 0.25) is 15.7 Å². The van der Waals surface area contributed by atoms with E-state index in [2.05, 4.69) is 15.5 Å². The van der Waals surface area contributed by atoms with Gasteiger partial charge in [0.25, 0.3) is 5.91 Å². The molecule has 0 spiro atoms. The van der Waals surface area contributed by atoms with Crippen LogP contribution in [0.15, 0.2) is 56.8 Å². The fraction of sp³-hybridized carbons (Fsp3) is 0.200. The number of hydrogen-bond donors (Lipinski definition) is 1. The molecule has 0 aliphatic carbocycles. The Hall–Kier alpha value is -3.33. The van der Waals surface area contributed by atoms with Crippen LogP contribution in [0.3, 0.4) is 0 Å². The highest BCUT2D eigenvalue weighted by molar-refractivity contribution is 7.91. The number of aryl methyl sites for hydroxylation is 1. The number of hydrogen-bond acceptors (Lipinski definition) is 7. The fourth-order valence-electron chi connectivity index (χ4n) is 3.27. The van der Waals surface area contributed by atoms with Gasteiger partial charge in [-0.1, -0.05) is 24.2 Å². The summed E-state index contributed by atoms with van der Waals surface area (Å²) in [4.78, 5) is 29.3. The summed E-state index contributed by atoms with van der Waals surface area (Å²) in [6.07, 6.45) is 0.514. The molecule has 1 amide bonds. The summed E-state index contributed by atoms with van der Waals surface area (Å²) in [6, 6.07) is 9.61. The maximum Gasteiger partial charge on any atom is 0.251 e. The number of ketones is 1. The Labute approximate surface area is 166 Å². The second-order valence-corrected chi connectivity index (χ2v) is 8.53. The largest absolute Gasteiger partial charge is 0.342 e. The van der Waals surface area contributed by atoms with Gasteiger partial charge in [0.05, 0.1) is 15.8 Å². The Morgan fingerprint density at radius 3 is 2.55 bits per heavy atom. The SMILES string of the molecule is CC[C@H](NC(=O)c1ccc2c(c1)S(=O)(=O)c1ccccc1C2=O)c1noc(C)n1. The maximum atomic E-state index is 13.0. The average molecular weight is 411 g/mol. The van der Waals surface area contributed by atoms with Crippen LogP contribution in [0.25, 0.3) is 0 Å². The van der Waals surface area contributed by atoms with Gasteiger partial charge in [-0.05, 0) is 36.8 Å². The molecule has 148 valence electrons. The summed E-state index contributed by atoms with van der Waals surface area (Å²) in [6.45, 7) is 3.50. The van der Waals surface area contributed by atoms with E-state index in [-0.39, 0.29) is 32.3 Å². The van der Waals surface area contributed by atoms with Crippen LogP contribution in [0.2, 0.25) is 0 Å². The molecule has 1 atom stereocenters. The van der Waals surface area contributed by atoms with Gasteiger partial charge in [0.1, 0.15) is 0 Å². The molecule has 0 fully saturated rings. The summed E-state index contributed by atoms with van der Waals surface area (Å²) >= 11 is 0. The first-order valence-corrected chi connectivity index (χ1v) is 10.4. The maximum absolute atomic E-state index is 13.0. The van der Waals surface area contributed by atoms with Crippen LogP contribution in [0.1, 0.15) is 57.4 Å². The van der Waals surface area contributed by atoms with Crippen molar-refractivity contribution in [1.82, 2.24) is 15.5 Å². The van der Waals surface area contributed by atoms with E-state index in [1.807, 2.05) is 6.92 Å². The highest BCUT2D eigenvalue weighted by Crippen LogP contribution is 2.34. The Bertz CT molecular complexity index is 1250. The topological polar surface area (TPSA) is 119 Å². The molecule has 4 rings (SSSR count). The van der Waals surface area contributed by atoms with Gasteiger partial charge < -0.3 is 9.84 Å². The summed E-state index contributed by atoms with van der Waals surface area (Å²) in [5.41, 5.74) is 0.315. The predicted octanol–water partition coefficient (Wildman–Crippen LogP) is 2.64. The van der Waals surface area contributed by atoms with E-state index in [4.69, 9.17) is 4.52 Å². The molecule has 1 N–H and O–H groups in total. The quantitative estimate of drug-likeness (QED) is 0.548. The molecule has 0 radical (unpaired) electrons. The Morgan fingerprint density at radius 1 is 1.14 bits per heavy atom. The lowest BCUT2D eigenvalue weighted by atomic mass is 10.0. The predicted molar refractivity (Wildman–Crippen MR) is 101 cm³/mol. The first kappa shape index (κ1) is 19.0. The molecule has 1 aromatic heterocycles. The van der Waals surface area contributed by atoms with Gasteiger partial charge in [-0.2, -0.15) is 4.98 Å². The molecule has 29 heavy (non-hydrogen) atoms. The van der Waals surface area contributed by atoms with Crippen LogP contribution in [0.4, 0.5) is 0 Å². The van der Waals surface area contributed by atoms with E-state index in [0.717, 1.165) is 0 Å². The van der Waals surface area contributed by atoms with Gasteiger partial charge in [-0.3, -0.25) is 9.59 Å². The number of amides is 1. The van der Waals surface area contributed by atoms with Gasteiger partial charge in [0, 0.05) is 23.6 Å². The van der Waals surface area contributed by atoms with Crippen molar-refractivity contribution in [2.24, 2.45) is 0 Å². The molecule has 8 nitrogen and oxygen atoms in total. The number of nitrogens with one attached hydrogen (secondary N) is 1. The molecule has 9 heteroatoms. The van der Waals surface area contributed by atoms with Crippen molar-refractivity contribution in [2.45, 2.75) is 36.1 Å². The van der Waals surface area contributed by atoms with Gasteiger partial charge in [-0.25, -0.2) is 8.42 Å². The molecule has 0 saturated carbocycles. The molecular formula is C20H17N3O5S. The average Bonchev–Trinajstić information content (AvgIpc) is 3.16. The zero-order chi connectivity index (χ0) is 20.8. The summed E-state index contributed by atoms with van der Waals surface area (Å²) < 4.78 is 31.0. The molecule has 2 aromatic carbocycles. The van der Waals surface area contributed by atoms with Crippen LogP contribution < -0.4 is 5.32 Å². The minimum absolute atomic E-state index is 0.0521. The monoisotopic (exact) mass is 411 g/mol. The summed E-state index contributed by atoms with van der Waals surface area (Å²) in [7, 11) is -3.91. The molecule has 2 heterocycles. The highest BCUT2D eigenvalue weighted by Gasteiger charge is 2.35. The second kappa shape index (κ2) is 6.93. The molecule has 1 aliphatic rings. The number of aromatic nitrogens is 2. The summed E-state index contributed by atoms with van der Waals surface area (Å²) in [5.74, 6) is -0.160. The zero-order valence-corrected chi connectivity index (χ0v) is 16.5. The zero-order valence-electron chi connectivity index (χ0n) is 15.7. The number of sulfone groups is 1. The van der Waals surface area contributed by atoms with E-state index in [0.29, 0.717) is 18.1 Å². The minimum Gasteiger partial charge on any atom is -0.342 e. The normalized spacial score (nSPS) is 15.3. The molecule has 1 aliphatic heterocycles. The first-order chi connectivity index (χ1) is 13.8. The fourth-order valence-corrected chi connectivity index (χ4v) is 4.95. The van der Waals surface area contributed by atoms with Crippen LogP contribution >= 0.6 is 0 Å². The van der Waals surface area contributed by atoms with E-state index in [1.165, 1.54) is 30.3 Å². The highest BCUT2D eigenvalue weighted by atomic mass is 32.2. The number of fused-ring (bicyclic) bond motifs is 2. The van der Waals surface area contributed by atoms with Crippen LogP contribution in [0.5, 0.6) is 0 Å². The van der Waals surface area contributed by atoms with Crippen molar-refractivity contribution in [2.75, 3.05) is 0 Å². The van der Waals surface area contributed by atoms with Gasteiger partial charge in [-0.15, -0.1) is 0 Å². The minimum atomic E-state index is -3.91. The van der Waals surface area contributed by atoms with E-state index < -0.39 is 21.8 Å². The van der Waals surface area contributed by atoms with Crippen molar-refractivity contribution in [3.8, 4) is 0 Å². The summed E-state index contributed by atoms with van der Waals surface area (Å²) in [5, 5.41) is 6.59. The molecule has 0 bridgehead atoms. The van der Waals surface area contributed by atoms with Crippen LogP contribution in [0, 0.1) is 6.92 Å². The van der Waals surface area contributed by atoms with E-state index in [1.54, 1.807) is 19.1 Å². The smallest absolute Gasteiger partial charge is 0.251 e. The van der Waals surface area contributed by atoms with Gasteiger partial charge >= 0.3 is 0 Å². The number of carbonyl (C=O) groups excluding carboxylic acids is 2.